The van der Waals surface area contributed by atoms with Crippen LogP contribution in [0.5, 0.6) is 0 Å². The van der Waals surface area contributed by atoms with Gasteiger partial charge in [0, 0.05) is 33.8 Å². The van der Waals surface area contributed by atoms with Gasteiger partial charge >= 0.3 is 23.9 Å². The summed E-state index contributed by atoms with van der Waals surface area (Å²) in [5.41, 5.74) is -6.07. The summed E-state index contributed by atoms with van der Waals surface area (Å²) < 4.78 is 28.8. The van der Waals surface area contributed by atoms with Gasteiger partial charge in [-0.2, -0.15) is 0 Å². The standard InChI is InChI=1S/C35H44O11/c1-17(2)28(39)45-30-32(6)16-34(41)33(7,22(32)14-23(36)42-8)20-9-11-31(5)21(13-24(37)44-27(31)19-10-12-43-15-19)25(20)26(38)35(30,34)46-29(40)18(3)4/h10,12,15,17-18,20,22,27,30,41H,9,11,13-14,16H2,1-8H3/t20-,22-,27+,30+,31-,32?,33+,34+,35-/m0/s1. The molecule has 0 aromatic carbocycles. The number of furan rings is 1. The number of fused-ring (bicyclic) bond motifs is 4. The second-order valence-electron chi connectivity index (χ2n) is 15.3. The second kappa shape index (κ2) is 10.3. The van der Waals surface area contributed by atoms with E-state index >= 15 is 4.79 Å². The van der Waals surface area contributed by atoms with Crippen molar-refractivity contribution in [3.05, 3.63) is 35.3 Å². The Morgan fingerprint density at radius 1 is 1.07 bits per heavy atom. The van der Waals surface area contributed by atoms with E-state index in [0.29, 0.717) is 24.0 Å². The van der Waals surface area contributed by atoms with Gasteiger partial charge in [0.25, 0.3) is 0 Å². The van der Waals surface area contributed by atoms with E-state index < -0.39 is 93.0 Å². The first-order chi connectivity index (χ1) is 21.4. The zero-order chi connectivity index (χ0) is 33.8. The van der Waals surface area contributed by atoms with Gasteiger partial charge < -0.3 is 28.5 Å². The van der Waals surface area contributed by atoms with Crippen LogP contribution in [0.3, 0.4) is 0 Å². The Hall–Kier alpha value is -3.47. The molecule has 4 fully saturated rings. The fraction of sp³-hybridized carbons (Fsp3) is 0.686. The lowest BCUT2D eigenvalue weighted by atomic mass is 9.41. The molecule has 6 rings (SSSR count). The van der Waals surface area contributed by atoms with Gasteiger partial charge in [-0.1, -0.05) is 48.5 Å². The molecular weight excluding hydrogens is 596 g/mol. The number of hydrogen-bond donors (Lipinski definition) is 1. The van der Waals surface area contributed by atoms with Crippen LogP contribution in [0.2, 0.25) is 0 Å². The fourth-order valence-corrected chi connectivity index (χ4v) is 10.0. The van der Waals surface area contributed by atoms with Crippen LogP contribution < -0.4 is 0 Å². The first-order valence-electron chi connectivity index (χ1n) is 16.2. The average molecular weight is 641 g/mol. The van der Waals surface area contributed by atoms with Crippen LogP contribution in [0, 0.1) is 39.9 Å². The number of carbonyl (C=O) groups is 5. The molecule has 1 saturated heterocycles. The predicted octanol–water partition coefficient (Wildman–Crippen LogP) is 4.41. The Morgan fingerprint density at radius 2 is 1.74 bits per heavy atom. The van der Waals surface area contributed by atoms with Crippen molar-refractivity contribution in [2.45, 2.75) is 104 Å². The third kappa shape index (κ3) is 3.83. The normalized spacial score (nSPS) is 40.8. The highest BCUT2D eigenvalue weighted by Gasteiger charge is 2.92. The minimum Gasteiger partial charge on any atom is -0.472 e. The third-order valence-electron chi connectivity index (χ3n) is 12.3. The molecule has 1 aromatic heterocycles. The topological polar surface area (TPSA) is 156 Å². The van der Waals surface area contributed by atoms with E-state index in [1.807, 2.05) is 13.8 Å². The first-order valence-corrected chi connectivity index (χ1v) is 16.2. The lowest BCUT2D eigenvalue weighted by Crippen LogP contribution is -2.80. The Morgan fingerprint density at radius 3 is 2.33 bits per heavy atom. The van der Waals surface area contributed by atoms with Gasteiger partial charge in [-0.15, -0.1) is 0 Å². The minimum atomic E-state index is -2.32. The molecule has 4 aliphatic carbocycles. The summed E-state index contributed by atoms with van der Waals surface area (Å²) >= 11 is 0. The molecule has 9 atom stereocenters. The molecule has 11 nitrogen and oxygen atoms in total. The maximum atomic E-state index is 15.5. The molecule has 0 amide bonds. The number of rotatable bonds is 7. The Kier molecular flexibility index (Phi) is 7.24. The van der Waals surface area contributed by atoms with Gasteiger partial charge in [0.1, 0.15) is 11.7 Å². The van der Waals surface area contributed by atoms with Crippen molar-refractivity contribution in [1.29, 1.82) is 0 Å². The second-order valence-corrected chi connectivity index (χ2v) is 15.3. The molecule has 0 radical (unpaired) electrons. The van der Waals surface area contributed by atoms with Crippen LogP contribution in [-0.4, -0.2) is 59.2 Å². The maximum absolute atomic E-state index is 15.5. The third-order valence-corrected chi connectivity index (χ3v) is 12.3. The van der Waals surface area contributed by atoms with Gasteiger partial charge in [0.05, 0.1) is 37.9 Å². The molecule has 2 heterocycles. The highest BCUT2D eigenvalue weighted by molar-refractivity contribution is 6.09. The number of ether oxygens (including phenoxy) is 4. The van der Waals surface area contributed by atoms with Crippen molar-refractivity contribution in [2.75, 3.05) is 7.11 Å². The van der Waals surface area contributed by atoms with Crippen molar-refractivity contribution in [1.82, 2.24) is 0 Å². The highest BCUT2D eigenvalue weighted by atomic mass is 16.6. The maximum Gasteiger partial charge on any atom is 0.310 e. The number of methoxy groups -OCH3 is 1. The van der Waals surface area contributed by atoms with Crippen molar-refractivity contribution in [3.63, 3.8) is 0 Å². The van der Waals surface area contributed by atoms with Gasteiger partial charge in [-0.25, -0.2) is 0 Å². The lowest BCUT2D eigenvalue weighted by molar-refractivity contribution is -0.281. The monoisotopic (exact) mass is 640 g/mol. The molecule has 1 aromatic rings. The van der Waals surface area contributed by atoms with Gasteiger partial charge in [0.15, 0.2) is 6.10 Å². The van der Waals surface area contributed by atoms with Crippen molar-refractivity contribution in [2.24, 2.45) is 39.9 Å². The first kappa shape index (κ1) is 32.5. The molecule has 46 heavy (non-hydrogen) atoms. The van der Waals surface area contributed by atoms with Crippen molar-refractivity contribution >= 4 is 29.7 Å². The van der Waals surface area contributed by atoms with Crippen LogP contribution >= 0.6 is 0 Å². The van der Waals surface area contributed by atoms with Crippen LogP contribution in [0.25, 0.3) is 0 Å². The van der Waals surface area contributed by atoms with Gasteiger partial charge in [-0.05, 0) is 42.7 Å². The number of carbonyl (C=O) groups excluding carboxylic acids is 5. The number of esters is 4. The van der Waals surface area contributed by atoms with E-state index in [1.54, 1.807) is 40.7 Å². The number of ketones is 1. The Labute approximate surface area is 268 Å². The molecule has 3 saturated carbocycles. The smallest absolute Gasteiger partial charge is 0.310 e. The molecule has 5 aliphatic rings. The predicted molar refractivity (Wildman–Crippen MR) is 159 cm³/mol. The van der Waals surface area contributed by atoms with E-state index in [1.165, 1.54) is 19.6 Å². The van der Waals surface area contributed by atoms with E-state index in [9.17, 15) is 24.3 Å². The summed E-state index contributed by atoms with van der Waals surface area (Å²) in [5.74, 6) is -5.61. The molecule has 1 unspecified atom stereocenters. The fourth-order valence-electron chi connectivity index (χ4n) is 10.0. The SMILES string of the molecule is COC(=O)C[C@H]1C2(C)C[C@@]3(O)[C@]1(C)[C@H]1CC[C@@]4(C)C(=C1C(=O)[C@]3(OC(=O)C(C)C)[C@@H]2OC(=O)C(C)C)CC(=O)O[C@@H]4c1ccoc1. The zero-order valence-electron chi connectivity index (χ0n) is 27.8. The van der Waals surface area contributed by atoms with Crippen molar-refractivity contribution in [3.8, 4) is 0 Å². The number of cyclic esters (lactones) is 1. The van der Waals surface area contributed by atoms with Crippen LogP contribution in [0.1, 0.15) is 92.2 Å². The lowest BCUT2D eigenvalue weighted by Gasteiger charge is -2.66. The number of hydrogen-bond acceptors (Lipinski definition) is 11. The van der Waals surface area contributed by atoms with E-state index in [4.69, 9.17) is 23.4 Å². The van der Waals surface area contributed by atoms with E-state index in [0.717, 1.165) is 0 Å². The minimum absolute atomic E-state index is 0.0542. The summed E-state index contributed by atoms with van der Waals surface area (Å²) in [5, 5.41) is 13.2. The largest absolute Gasteiger partial charge is 0.472 e. The summed E-state index contributed by atoms with van der Waals surface area (Å²) in [6.45, 7) is 12.1. The van der Waals surface area contributed by atoms with Crippen LogP contribution in [0.15, 0.2) is 34.2 Å². The van der Waals surface area contributed by atoms with Gasteiger partial charge in [-0.3, -0.25) is 24.0 Å². The molecule has 2 bridgehead atoms. The molecular formula is C35H44O11. The Balaban J connectivity index is 1.67. The summed E-state index contributed by atoms with van der Waals surface area (Å²) in [6.07, 6.45) is 1.41. The average Bonchev–Trinajstić information content (AvgIpc) is 3.63. The molecule has 11 heteroatoms. The van der Waals surface area contributed by atoms with Crippen LogP contribution in [0.4, 0.5) is 0 Å². The summed E-state index contributed by atoms with van der Waals surface area (Å²) in [7, 11) is 1.29. The van der Waals surface area contributed by atoms with Gasteiger partial charge in [0.2, 0.25) is 11.4 Å². The summed E-state index contributed by atoms with van der Waals surface area (Å²) in [4.78, 5) is 68.8. The van der Waals surface area contributed by atoms with E-state index in [2.05, 4.69) is 0 Å². The zero-order valence-corrected chi connectivity index (χ0v) is 27.8. The van der Waals surface area contributed by atoms with Crippen LogP contribution in [-0.2, 0) is 42.9 Å². The number of Topliss-reactive ketones (excluding diaryl/α,β-unsaturated/α-hetero) is 1. The molecule has 250 valence electrons. The van der Waals surface area contributed by atoms with E-state index in [-0.39, 0.29) is 24.8 Å². The molecule has 1 aliphatic heterocycles. The quantitative estimate of drug-likeness (QED) is 0.333. The van der Waals surface area contributed by atoms with Crippen molar-refractivity contribution < 1.29 is 52.4 Å². The molecule has 0 spiro atoms. The Bertz CT molecular complexity index is 1540. The summed E-state index contributed by atoms with van der Waals surface area (Å²) in [6, 6.07) is 1.72. The number of aliphatic hydroxyl groups is 1. The highest BCUT2D eigenvalue weighted by Crippen LogP contribution is 2.80. The molecule has 1 N–H and O–H groups in total.